The van der Waals surface area contributed by atoms with Crippen molar-refractivity contribution in [3.8, 4) is 0 Å². The molecule has 1 aromatic carbocycles. The molecule has 0 aliphatic carbocycles. The van der Waals surface area contributed by atoms with Crippen LogP contribution in [0.25, 0.3) is 0 Å². The monoisotopic (exact) mass is 315 g/mol. The minimum Gasteiger partial charge on any atom is -0.357 e. The number of nitrogens with one attached hydrogen (secondary N) is 1. The van der Waals surface area contributed by atoms with Gasteiger partial charge < -0.3 is 5.32 Å². The van der Waals surface area contributed by atoms with Gasteiger partial charge >= 0.3 is 0 Å². The van der Waals surface area contributed by atoms with Gasteiger partial charge in [0.05, 0.1) is 0 Å². The van der Waals surface area contributed by atoms with Gasteiger partial charge in [-0.3, -0.25) is 0 Å². The van der Waals surface area contributed by atoms with Crippen LogP contribution >= 0.6 is 27.3 Å². The predicted molar refractivity (Wildman–Crippen MR) is 70.8 cm³/mol. The summed E-state index contributed by atoms with van der Waals surface area (Å²) >= 11 is 4.71. The Morgan fingerprint density at radius 3 is 2.65 bits per heavy atom. The van der Waals surface area contributed by atoms with E-state index < -0.39 is 0 Å². The Bertz CT molecular complexity index is 486. The van der Waals surface area contributed by atoms with Crippen molar-refractivity contribution < 1.29 is 4.39 Å². The minimum absolute atomic E-state index is 0.206. The lowest BCUT2D eigenvalue weighted by Gasteiger charge is -2.12. The first-order valence-electron chi connectivity index (χ1n) is 5.13. The molecule has 1 unspecified atom stereocenters. The predicted octanol–water partition coefficient (Wildman–Crippen LogP) is 3.48. The maximum atomic E-state index is 12.7. The van der Waals surface area contributed by atoms with Crippen molar-refractivity contribution in [3.05, 3.63) is 39.6 Å². The molecule has 0 spiro atoms. The lowest BCUT2D eigenvalue weighted by molar-refractivity contribution is 0.626. The van der Waals surface area contributed by atoms with E-state index in [1.807, 2.05) is 0 Å². The van der Waals surface area contributed by atoms with Crippen molar-refractivity contribution >= 4 is 32.4 Å². The van der Waals surface area contributed by atoms with E-state index >= 15 is 0 Å². The Kier molecular flexibility index (Phi) is 4.06. The van der Waals surface area contributed by atoms with Crippen LogP contribution in [0, 0.1) is 5.82 Å². The molecule has 0 saturated heterocycles. The Hall–Kier alpha value is -1.01. The van der Waals surface area contributed by atoms with Gasteiger partial charge in [0.1, 0.15) is 5.82 Å². The summed E-state index contributed by atoms with van der Waals surface area (Å²) in [6, 6.07) is 6.76. The normalized spacial score (nSPS) is 12.4. The van der Waals surface area contributed by atoms with Crippen LogP contribution in [0.15, 0.2) is 28.2 Å². The summed E-state index contributed by atoms with van der Waals surface area (Å²) in [6.45, 7) is 2.05. The molecule has 0 aliphatic heterocycles. The van der Waals surface area contributed by atoms with Crippen molar-refractivity contribution in [2.45, 2.75) is 19.4 Å². The van der Waals surface area contributed by atoms with E-state index in [9.17, 15) is 4.39 Å². The number of halogens is 2. The van der Waals surface area contributed by atoms with E-state index in [1.54, 1.807) is 12.1 Å². The SMILES string of the molecule is CC(Cc1ccc(F)cc1)Nc1nnc(Br)s1. The highest BCUT2D eigenvalue weighted by Crippen LogP contribution is 2.21. The number of anilines is 1. The highest BCUT2D eigenvalue weighted by molar-refractivity contribution is 9.11. The number of rotatable bonds is 4. The fourth-order valence-corrected chi connectivity index (χ4v) is 2.62. The van der Waals surface area contributed by atoms with Crippen LogP contribution in [0.3, 0.4) is 0 Å². The number of hydrogen-bond donors (Lipinski definition) is 1. The van der Waals surface area contributed by atoms with Crippen LogP contribution in [-0.4, -0.2) is 16.2 Å². The van der Waals surface area contributed by atoms with Crippen molar-refractivity contribution in [1.29, 1.82) is 0 Å². The number of benzene rings is 1. The highest BCUT2D eigenvalue weighted by atomic mass is 79.9. The van der Waals surface area contributed by atoms with Gasteiger partial charge in [-0.2, -0.15) is 0 Å². The molecule has 0 amide bonds. The maximum absolute atomic E-state index is 12.7. The third kappa shape index (κ3) is 3.74. The third-order valence-electron chi connectivity index (χ3n) is 2.23. The Morgan fingerprint density at radius 1 is 1.35 bits per heavy atom. The molecular formula is C11H11BrFN3S. The van der Waals surface area contributed by atoms with E-state index in [0.717, 1.165) is 21.0 Å². The molecule has 0 radical (unpaired) electrons. The molecule has 2 rings (SSSR count). The van der Waals surface area contributed by atoms with Crippen molar-refractivity contribution in [2.24, 2.45) is 0 Å². The summed E-state index contributed by atoms with van der Waals surface area (Å²) < 4.78 is 13.5. The first-order chi connectivity index (χ1) is 8.13. The van der Waals surface area contributed by atoms with Crippen LogP contribution in [-0.2, 0) is 6.42 Å². The molecule has 17 heavy (non-hydrogen) atoms. The van der Waals surface area contributed by atoms with Crippen molar-refractivity contribution in [1.82, 2.24) is 10.2 Å². The first kappa shape index (κ1) is 12.4. The van der Waals surface area contributed by atoms with Crippen molar-refractivity contribution in [2.75, 3.05) is 5.32 Å². The molecule has 0 bridgehead atoms. The van der Waals surface area contributed by atoms with Crippen LogP contribution in [0.2, 0.25) is 0 Å². The summed E-state index contributed by atoms with van der Waals surface area (Å²) in [4.78, 5) is 0. The largest absolute Gasteiger partial charge is 0.357 e. The smallest absolute Gasteiger partial charge is 0.206 e. The molecule has 1 aromatic heterocycles. The van der Waals surface area contributed by atoms with Gasteiger partial charge in [-0.05, 0) is 47.0 Å². The molecular weight excluding hydrogens is 305 g/mol. The standard InChI is InChI=1S/C11H11BrFN3S/c1-7(14-11-16-15-10(12)17-11)6-8-2-4-9(13)5-3-8/h2-5,7H,6H2,1H3,(H,14,16). The summed E-state index contributed by atoms with van der Waals surface area (Å²) in [5.74, 6) is -0.206. The summed E-state index contributed by atoms with van der Waals surface area (Å²) in [5, 5.41) is 11.9. The van der Waals surface area contributed by atoms with E-state index in [1.165, 1.54) is 23.5 Å². The van der Waals surface area contributed by atoms with E-state index in [2.05, 4.69) is 38.4 Å². The average Bonchev–Trinajstić information content (AvgIpc) is 2.67. The Balaban J connectivity index is 1.93. The lowest BCUT2D eigenvalue weighted by atomic mass is 10.1. The Labute approximate surface area is 111 Å². The second-order valence-electron chi connectivity index (χ2n) is 3.74. The zero-order chi connectivity index (χ0) is 12.3. The maximum Gasteiger partial charge on any atom is 0.206 e. The van der Waals surface area contributed by atoms with Crippen molar-refractivity contribution in [3.63, 3.8) is 0 Å². The molecule has 0 fully saturated rings. The molecule has 90 valence electrons. The van der Waals surface area contributed by atoms with Gasteiger partial charge in [0.15, 0.2) is 3.92 Å². The molecule has 1 heterocycles. The fourth-order valence-electron chi connectivity index (χ4n) is 1.50. The lowest BCUT2D eigenvalue weighted by Crippen LogP contribution is -2.17. The zero-order valence-corrected chi connectivity index (χ0v) is 11.6. The molecule has 0 aliphatic rings. The Morgan fingerprint density at radius 2 is 2.06 bits per heavy atom. The molecule has 3 nitrogen and oxygen atoms in total. The second kappa shape index (κ2) is 5.55. The van der Waals surface area contributed by atoms with Gasteiger partial charge in [-0.15, -0.1) is 10.2 Å². The van der Waals surface area contributed by atoms with E-state index in [4.69, 9.17) is 0 Å². The highest BCUT2D eigenvalue weighted by Gasteiger charge is 2.07. The summed E-state index contributed by atoms with van der Waals surface area (Å²) in [5.41, 5.74) is 1.09. The van der Waals surface area contributed by atoms with Crippen LogP contribution in [0.4, 0.5) is 9.52 Å². The van der Waals surface area contributed by atoms with E-state index in [0.29, 0.717) is 0 Å². The van der Waals surface area contributed by atoms with Gasteiger partial charge in [0.25, 0.3) is 0 Å². The summed E-state index contributed by atoms with van der Waals surface area (Å²) in [6.07, 6.45) is 0.817. The topological polar surface area (TPSA) is 37.8 Å². The van der Waals surface area contributed by atoms with Gasteiger partial charge in [0, 0.05) is 6.04 Å². The quantitative estimate of drug-likeness (QED) is 0.938. The number of nitrogens with zero attached hydrogens (tertiary/aromatic N) is 2. The number of aromatic nitrogens is 2. The van der Waals surface area contributed by atoms with Crippen LogP contribution in [0.5, 0.6) is 0 Å². The molecule has 2 aromatic rings. The number of hydrogen-bond acceptors (Lipinski definition) is 4. The van der Waals surface area contributed by atoms with Gasteiger partial charge in [-0.1, -0.05) is 23.5 Å². The summed E-state index contributed by atoms with van der Waals surface area (Å²) in [7, 11) is 0. The molecule has 1 N–H and O–H groups in total. The van der Waals surface area contributed by atoms with Gasteiger partial charge in [-0.25, -0.2) is 4.39 Å². The fraction of sp³-hybridized carbons (Fsp3) is 0.273. The first-order valence-corrected chi connectivity index (χ1v) is 6.74. The molecule has 1 atom stereocenters. The molecule has 6 heteroatoms. The second-order valence-corrected chi connectivity index (χ2v) is 5.99. The van der Waals surface area contributed by atoms with Crippen LogP contribution in [0.1, 0.15) is 12.5 Å². The van der Waals surface area contributed by atoms with Crippen LogP contribution < -0.4 is 5.32 Å². The zero-order valence-electron chi connectivity index (χ0n) is 9.15. The van der Waals surface area contributed by atoms with E-state index in [-0.39, 0.29) is 11.9 Å². The average molecular weight is 316 g/mol. The third-order valence-corrected chi connectivity index (χ3v) is 3.51. The molecule has 0 saturated carbocycles. The minimum atomic E-state index is -0.206. The van der Waals surface area contributed by atoms with Gasteiger partial charge in [0.2, 0.25) is 5.13 Å².